The van der Waals surface area contributed by atoms with Crippen LogP contribution in [-0.4, -0.2) is 55.3 Å². The van der Waals surface area contributed by atoms with Crippen LogP contribution in [0, 0.1) is 5.92 Å². The number of rotatable bonds is 4. The molecule has 1 N–H and O–H groups in total. The van der Waals surface area contributed by atoms with E-state index in [1.807, 2.05) is 53.5 Å². The molecule has 144 valence electrons. The fourth-order valence-electron chi connectivity index (χ4n) is 3.55. The maximum absolute atomic E-state index is 12.8. The summed E-state index contributed by atoms with van der Waals surface area (Å²) in [7, 11) is 0. The summed E-state index contributed by atoms with van der Waals surface area (Å²) in [6.45, 7) is 2.87. The third kappa shape index (κ3) is 4.06. The molecule has 1 aromatic rings. The molecule has 0 spiro atoms. The Hall–Kier alpha value is -2.35. The monoisotopic (exact) mass is 441 g/mol. The Morgan fingerprint density at radius 3 is 2.71 bits per heavy atom. The highest BCUT2D eigenvalue weighted by molar-refractivity contribution is 9.11. The van der Waals surface area contributed by atoms with Crippen LogP contribution >= 0.6 is 15.9 Å². The number of fused-ring (bicyclic) bond motifs is 1. The molecule has 2 amide bonds. The van der Waals surface area contributed by atoms with Gasteiger partial charge in [0.05, 0.1) is 25.5 Å². The van der Waals surface area contributed by atoms with Gasteiger partial charge in [-0.3, -0.25) is 14.5 Å². The number of allylic oxidation sites excluding steroid dienone is 5. The van der Waals surface area contributed by atoms with Crippen molar-refractivity contribution in [3.05, 3.63) is 64.3 Å². The van der Waals surface area contributed by atoms with E-state index in [4.69, 9.17) is 4.74 Å². The molecule has 4 rings (SSSR count). The van der Waals surface area contributed by atoms with E-state index in [1.54, 1.807) is 0 Å². The first-order valence-electron chi connectivity index (χ1n) is 9.19. The van der Waals surface area contributed by atoms with Crippen LogP contribution in [0.15, 0.2) is 63.7 Å². The van der Waals surface area contributed by atoms with Crippen LogP contribution in [0.1, 0.15) is 5.56 Å². The van der Waals surface area contributed by atoms with Gasteiger partial charge in [-0.15, -0.1) is 0 Å². The van der Waals surface area contributed by atoms with Crippen molar-refractivity contribution in [3.8, 4) is 0 Å². The largest absolute Gasteiger partial charge is 0.379 e. The third-order valence-electron chi connectivity index (χ3n) is 4.90. The molecular weight excluding hydrogens is 422 g/mol. The maximum atomic E-state index is 12.8. The Labute approximate surface area is 171 Å². The summed E-state index contributed by atoms with van der Waals surface area (Å²) in [6.07, 6.45) is 5.71. The fourth-order valence-corrected chi connectivity index (χ4v) is 3.95. The maximum Gasteiger partial charge on any atom is 0.294 e. The number of hydrogen-bond acceptors (Lipinski definition) is 4. The molecule has 1 atom stereocenters. The number of aliphatic imine (C=N–C) groups is 1. The molecule has 0 saturated carbocycles. The molecule has 1 aromatic carbocycles. The van der Waals surface area contributed by atoms with Gasteiger partial charge in [-0.05, 0) is 17.7 Å². The number of morpholine rings is 1. The number of nitrogens with zero attached hydrogens (tertiary/aromatic N) is 2. The average Bonchev–Trinajstić information content (AvgIpc) is 2.70. The SMILES string of the molecule is O=C(CN1CCOCC1)NC1=C(c2ccccc2)C2C=C(Br)C=CC2=NC1=O. The number of ether oxygens (including phenoxy) is 1. The number of carbonyl (C=O) groups is 2. The molecule has 2 aliphatic heterocycles. The van der Waals surface area contributed by atoms with Gasteiger partial charge in [0.25, 0.3) is 5.91 Å². The summed E-state index contributed by atoms with van der Waals surface area (Å²) >= 11 is 3.51. The molecule has 3 aliphatic rings. The number of benzene rings is 1. The smallest absolute Gasteiger partial charge is 0.294 e. The predicted molar refractivity (Wildman–Crippen MR) is 111 cm³/mol. The van der Waals surface area contributed by atoms with Crippen molar-refractivity contribution < 1.29 is 14.3 Å². The van der Waals surface area contributed by atoms with Crippen LogP contribution < -0.4 is 5.32 Å². The Morgan fingerprint density at radius 1 is 1.21 bits per heavy atom. The Balaban J connectivity index is 1.67. The average molecular weight is 442 g/mol. The minimum absolute atomic E-state index is 0.196. The number of halogens is 1. The van der Waals surface area contributed by atoms with Crippen molar-refractivity contribution in [2.24, 2.45) is 10.9 Å². The highest BCUT2D eigenvalue weighted by Crippen LogP contribution is 2.36. The normalized spacial score (nSPS) is 22.5. The van der Waals surface area contributed by atoms with Crippen molar-refractivity contribution in [2.75, 3.05) is 32.8 Å². The summed E-state index contributed by atoms with van der Waals surface area (Å²) in [4.78, 5) is 31.7. The Bertz CT molecular complexity index is 912. The number of carbonyl (C=O) groups excluding carboxylic acids is 2. The Kier molecular flexibility index (Phi) is 5.66. The topological polar surface area (TPSA) is 71.0 Å². The number of hydrogen-bond donors (Lipinski definition) is 1. The number of amides is 2. The molecular formula is C21H20BrN3O3. The van der Waals surface area contributed by atoms with Gasteiger partial charge in [0.15, 0.2) is 0 Å². The van der Waals surface area contributed by atoms with Crippen LogP contribution in [-0.2, 0) is 14.3 Å². The van der Waals surface area contributed by atoms with Gasteiger partial charge in [-0.25, -0.2) is 4.99 Å². The molecule has 1 saturated heterocycles. The van der Waals surface area contributed by atoms with Crippen molar-refractivity contribution >= 4 is 39.0 Å². The molecule has 0 radical (unpaired) electrons. The quantitative estimate of drug-likeness (QED) is 0.777. The van der Waals surface area contributed by atoms with E-state index < -0.39 is 5.91 Å². The molecule has 1 fully saturated rings. The van der Waals surface area contributed by atoms with E-state index in [-0.39, 0.29) is 24.1 Å². The van der Waals surface area contributed by atoms with Gasteiger partial charge in [0.1, 0.15) is 5.70 Å². The minimum atomic E-state index is -0.420. The van der Waals surface area contributed by atoms with Gasteiger partial charge >= 0.3 is 0 Å². The number of dihydropyridines is 1. The first kappa shape index (κ1) is 19.0. The molecule has 1 aliphatic carbocycles. The summed E-state index contributed by atoms with van der Waals surface area (Å²) in [5.41, 5.74) is 2.59. The van der Waals surface area contributed by atoms with E-state index in [9.17, 15) is 9.59 Å². The van der Waals surface area contributed by atoms with Gasteiger partial charge < -0.3 is 10.1 Å². The van der Waals surface area contributed by atoms with Crippen LogP contribution in [0.25, 0.3) is 5.57 Å². The molecule has 2 heterocycles. The molecule has 6 nitrogen and oxygen atoms in total. The summed E-state index contributed by atoms with van der Waals surface area (Å²) in [5.74, 6) is -0.832. The first-order valence-corrected chi connectivity index (χ1v) is 9.99. The van der Waals surface area contributed by atoms with Crippen LogP contribution in [0.4, 0.5) is 0 Å². The lowest BCUT2D eigenvalue weighted by atomic mass is 9.82. The zero-order valence-electron chi connectivity index (χ0n) is 15.2. The molecule has 1 unspecified atom stereocenters. The zero-order valence-corrected chi connectivity index (χ0v) is 16.8. The van der Waals surface area contributed by atoms with Crippen molar-refractivity contribution in [2.45, 2.75) is 0 Å². The lowest BCUT2D eigenvalue weighted by Crippen LogP contribution is -2.44. The standard InChI is InChI=1S/C21H20BrN3O3/c22-15-6-7-17-16(12-15)19(14-4-2-1-3-5-14)20(21(27)23-17)24-18(26)13-25-8-10-28-11-9-25/h1-7,12,16H,8-11,13H2,(H,24,26). The lowest BCUT2D eigenvalue weighted by molar-refractivity contribution is -0.124. The first-order chi connectivity index (χ1) is 13.6. The summed E-state index contributed by atoms with van der Waals surface area (Å²) < 4.78 is 6.24. The van der Waals surface area contributed by atoms with Crippen LogP contribution in [0.2, 0.25) is 0 Å². The lowest BCUT2D eigenvalue weighted by Gasteiger charge is -2.29. The van der Waals surface area contributed by atoms with Crippen molar-refractivity contribution in [1.29, 1.82) is 0 Å². The summed E-state index contributed by atoms with van der Waals surface area (Å²) in [6, 6.07) is 9.65. The molecule has 28 heavy (non-hydrogen) atoms. The second-order valence-corrected chi connectivity index (χ2v) is 7.71. The van der Waals surface area contributed by atoms with E-state index in [2.05, 4.69) is 26.2 Å². The number of nitrogens with one attached hydrogen (secondary N) is 1. The molecule has 0 bridgehead atoms. The van der Waals surface area contributed by atoms with Gasteiger partial charge in [-0.2, -0.15) is 0 Å². The van der Waals surface area contributed by atoms with Gasteiger partial charge in [0.2, 0.25) is 5.91 Å². The van der Waals surface area contributed by atoms with Crippen molar-refractivity contribution in [1.82, 2.24) is 10.2 Å². The van der Waals surface area contributed by atoms with E-state index in [0.717, 1.165) is 15.6 Å². The molecule has 0 aromatic heterocycles. The third-order valence-corrected chi connectivity index (χ3v) is 5.43. The second kappa shape index (κ2) is 8.34. The van der Waals surface area contributed by atoms with Gasteiger partial charge in [0, 0.05) is 29.1 Å². The fraction of sp³-hybridized carbons (Fsp3) is 0.286. The van der Waals surface area contributed by atoms with E-state index in [1.165, 1.54) is 0 Å². The van der Waals surface area contributed by atoms with Gasteiger partial charge in [-0.1, -0.05) is 52.3 Å². The highest BCUT2D eigenvalue weighted by Gasteiger charge is 2.33. The zero-order chi connectivity index (χ0) is 19.5. The minimum Gasteiger partial charge on any atom is -0.379 e. The van der Waals surface area contributed by atoms with E-state index >= 15 is 0 Å². The van der Waals surface area contributed by atoms with Crippen LogP contribution in [0.5, 0.6) is 0 Å². The Morgan fingerprint density at radius 2 is 1.96 bits per heavy atom. The predicted octanol–water partition coefficient (Wildman–Crippen LogP) is 2.29. The van der Waals surface area contributed by atoms with E-state index in [0.29, 0.717) is 32.0 Å². The summed E-state index contributed by atoms with van der Waals surface area (Å²) in [5, 5.41) is 2.85. The van der Waals surface area contributed by atoms with Crippen molar-refractivity contribution in [3.63, 3.8) is 0 Å². The van der Waals surface area contributed by atoms with Crippen LogP contribution in [0.3, 0.4) is 0 Å². The second-order valence-electron chi connectivity index (χ2n) is 6.80. The molecule has 7 heteroatoms. The highest BCUT2D eigenvalue weighted by atomic mass is 79.9.